The molecule has 4 heteroatoms. The van der Waals surface area contributed by atoms with Crippen LogP contribution in [0, 0.1) is 5.92 Å². The number of nitrogens with one attached hydrogen (secondary N) is 1. The lowest BCUT2D eigenvalue weighted by Gasteiger charge is -2.26. The zero-order valence-corrected chi connectivity index (χ0v) is 12.6. The van der Waals surface area contributed by atoms with Crippen LogP contribution in [0.1, 0.15) is 43.8 Å². The van der Waals surface area contributed by atoms with Crippen molar-refractivity contribution in [2.45, 2.75) is 44.2 Å². The van der Waals surface area contributed by atoms with E-state index in [-0.39, 0.29) is 24.5 Å². The summed E-state index contributed by atoms with van der Waals surface area (Å²) in [7, 11) is 1.55. The summed E-state index contributed by atoms with van der Waals surface area (Å²) in [5.41, 5.74) is 0.853. The molecular weight excluding hydrogens is 266 g/mol. The first-order chi connectivity index (χ1) is 10.3. The van der Waals surface area contributed by atoms with E-state index in [1.165, 1.54) is 6.42 Å². The zero-order chi connectivity index (χ0) is 15.1. The molecule has 1 amide bonds. The number of aliphatic hydroxyl groups is 1. The van der Waals surface area contributed by atoms with Crippen molar-refractivity contribution in [2.24, 2.45) is 5.92 Å². The summed E-state index contributed by atoms with van der Waals surface area (Å²) in [4.78, 5) is 12.5. The molecule has 0 spiro atoms. The number of carbonyl (C=O) groups excluding carboxylic acids is 1. The molecule has 1 fully saturated rings. The number of amides is 1. The van der Waals surface area contributed by atoms with E-state index in [4.69, 9.17) is 4.74 Å². The quantitative estimate of drug-likeness (QED) is 0.819. The second-order valence-electron chi connectivity index (χ2n) is 5.72. The average Bonchev–Trinajstić information content (AvgIpc) is 2.74. The first-order valence-electron chi connectivity index (χ1n) is 7.75. The summed E-state index contributed by atoms with van der Waals surface area (Å²) in [6.45, 7) is 0.133. The van der Waals surface area contributed by atoms with Gasteiger partial charge in [0.05, 0.1) is 0 Å². The number of hydrogen-bond donors (Lipinski definition) is 2. The van der Waals surface area contributed by atoms with Gasteiger partial charge in [0.15, 0.2) is 6.10 Å². The number of rotatable bonds is 5. The number of ether oxygens (including phenoxy) is 1. The lowest BCUT2D eigenvalue weighted by molar-refractivity contribution is -0.132. The standard InChI is InChI=1S/C17H25NO3/c1-21-16(13-8-4-2-5-9-13)17(20)18-15-11-7-3-6-10-14(15)12-19/h2,4-5,8-9,14-16,19H,3,6-7,10-12H2,1H3,(H,18,20)/t14-,15-,16+/m0/s1. The summed E-state index contributed by atoms with van der Waals surface area (Å²) in [5, 5.41) is 12.6. The Hall–Kier alpha value is -1.39. The van der Waals surface area contributed by atoms with Crippen molar-refractivity contribution in [1.82, 2.24) is 5.32 Å². The van der Waals surface area contributed by atoms with E-state index >= 15 is 0 Å². The number of aliphatic hydroxyl groups excluding tert-OH is 1. The first-order valence-corrected chi connectivity index (χ1v) is 7.75. The van der Waals surface area contributed by atoms with Gasteiger partial charge in [-0.15, -0.1) is 0 Å². The van der Waals surface area contributed by atoms with Gasteiger partial charge in [0.25, 0.3) is 5.91 Å². The first kappa shape index (κ1) is 16.0. The topological polar surface area (TPSA) is 58.6 Å². The van der Waals surface area contributed by atoms with E-state index in [1.54, 1.807) is 7.11 Å². The van der Waals surface area contributed by atoms with Crippen LogP contribution in [-0.4, -0.2) is 30.8 Å². The summed E-state index contributed by atoms with van der Waals surface area (Å²) in [6, 6.07) is 9.55. The molecule has 1 aliphatic rings. The zero-order valence-electron chi connectivity index (χ0n) is 12.6. The van der Waals surface area contributed by atoms with Crippen molar-refractivity contribution in [3.8, 4) is 0 Å². The molecule has 0 unspecified atom stereocenters. The number of carbonyl (C=O) groups is 1. The van der Waals surface area contributed by atoms with Crippen molar-refractivity contribution >= 4 is 5.91 Å². The van der Waals surface area contributed by atoms with Crippen LogP contribution in [0.2, 0.25) is 0 Å². The van der Waals surface area contributed by atoms with Gasteiger partial charge >= 0.3 is 0 Å². The average molecular weight is 291 g/mol. The van der Waals surface area contributed by atoms with Gasteiger partial charge in [0.2, 0.25) is 0 Å². The highest BCUT2D eigenvalue weighted by atomic mass is 16.5. The number of benzene rings is 1. The number of methoxy groups -OCH3 is 1. The van der Waals surface area contributed by atoms with Gasteiger partial charge < -0.3 is 15.2 Å². The van der Waals surface area contributed by atoms with Crippen LogP contribution < -0.4 is 5.32 Å². The van der Waals surface area contributed by atoms with Crippen LogP contribution in [0.4, 0.5) is 0 Å². The fraction of sp³-hybridized carbons (Fsp3) is 0.588. The Balaban J connectivity index is 2.04. The van der Waals surface area contributed by atoms with Crippen molar-refractivity contribution in [2.75, 3.05) is 13.7 Å². The van der Waals surface area contributed by atoms with E-state index in [1.807, 2.05) is 30.3 Å². The molecular formula is C17H25NO3. The van der Waals surface area contributed by atoms with Gasteiger partial charge in [-0.2, -0.15) is 0 Å². The highest BCUT2D eigenvalue weighted by Gasteiger charge is 2.28. The summed E-state index contributed by atoms with van der Waals surface area (Å²) >= 11 is 0. The Bertz CT molecular complexity index is 435. The van der Waals surface area contributed by atoms with Crippen LogP contribution >= 0.6 is 0 Å². The molecule has 1 aliphatic carbocycles. The van der Waals surface area contributed by atoms with Crippen molar-refractivity contribution in [3.63, 3.8) is 0 Å². The predicted molar refractivity (Wildman–Crippen MR) is 81.8 cm³/mol. The van der Waals surface area contributed by atoms with Crippen LogP contribution in [0.5, 0.6) is 0 Å². The van der Waals surface area contributed by atoms with Crippen LogP contribution in [-0.2, 0) is 9.53 Å². The van der Waals surface area contributed by atoms with E-state index in [9.17, 15) is 9.90 Å². The molecule has 0 aromatic heterocycles. The maximum absolute atomic E-state index is 12.5. The number of hydrogen-bond acceptors (Lipinski definition) is 3. The molecule has 0 heterocycles. The van der Waals surface area contributed by atoms with E-state index < -0.39 is 6.10 Å². The van der Waals surface area contributed by atoms with Gasteiger partial charge in [0, 0.05) is 25.7 Å². The molecule has 21 heavy (non-hydrogen) atoms. The van der Waals surface area contributed by atoms with Crippen molar-refractivity contribution in [1.29, 1.82) is 0 Å². The minimum atomic E-state index is -0.589. The van der Waals surface area contributed by atoms with Crippen molar-refractivity contribution < 1.29 is 14.6 Å². The molecule has 0 radical (unpaired) electrons. The predicted octanol–water partition coefficient (Wildman–Crippen LogP) is 2.43. The summed E-state index contributed by atoms with van der Waals surface area (Å²) < 4.78 is 5.37. The maximum Gasteiger partial charge on any atom is 0.253 e. The van der Waals surface area contributed by atoms with E-state index in [0.717, 1.165) is 31.2 Å². The molecule has 1 aromatic rings. The minimum absolute atomic E-state index is 0.0476. The normalized spacial score (nSPS) is 24.1. The molecule has 3 atom stereocenters. The third-order valence-corrected chi connectivity index (χ3v) is 4.30. The molecule has 2 N–H and O–H groups in total. The maximum atomic E-state index is 12.5. The largest absolute Gasteiger partial charge is 0.396 e. The van der Waals surface area contributed by atoms with Crippen LogP contribution in [0.15, 0.2) is 30.3 Å². The molecule has 1 saturated carbocycles. The molecule has 0 aliphatic heterocycles. The second kappa shape index (κ2) is 8.15. The Kier molecular flexibility index (Phi) is 6.21. The highest BCUT2D eigenvalue weighted by Crippen LogP contribution is 2.24. The third-order valence-electron chi connectivity index (χ3n) is 4.30. The SMILES string of the molecule is CO[C@@H](C(=O)N[C@H]1CCCCC[C@H]1CO)c1ccccc1. The fourth-order valence-electron chi connectivity index (χ4n) is 3.07. The fourth-order valence-corrected chi connectivity index (χ4v) is 3.07. The summed E-state index contributed by atoms with van der Waals surface area (Å²) in [5.74, 6) is 0.0405. The van der Waals surface area contributed by atoms with Crippen LogP contribution in [0.3, 0.4) is 0 Å². The Morgan fingerprint density at radius 3 is 2.67 bits per heavy atom. The van der Waals surface area contributed by atoms with Gasteiger partial charge in [-0.05, 0) is 18.4 Å². The van der Waals surface area contributed by atoms with Gasteiger partial charge in [-0.1, -0.05) is 49.6 Å². The minimum Gasteiger partial charge on any atom is -0.396 e. The molecule has 0 saturated heterocycles. The lowest BCUT2D eigenvalue weighted by atomic mass is 9.95. The lowest BCUT2D eigenvalue weighted by Crippen LogP contribution is -2.43. The molecule has 116 valence electrons. The molecule has 4 nitrogen and oxygen atoms in total. The van der Waals surface area contributed by atoms with E-state index in [2.05, 4.69) is 5.32 Å². The van der Waals surface area contributed by atoms with Gasteiger partial charge in [-0.25, -0.2) is 0 Å². The van der Waals surface area contributed by atoms with E-state index in [0.29, 0.717) is 0 Å². The van der Waals surface area contributed by atoms with Gasteiger partial charge in [-0.3, -0.25) is 4.79 Å². The third kappa shape index (κ3) is 4.29. The Morgan fingerprint density at radius 1 is 1.29 bits per heavy atom. The molecule has 2 rings (SSSR count). The summed E-state index contributed by atoms with van der Waals surface area (Å²) in [6.07, 6.45) is 4.73. The van der Waals surface area contributed by atoms with Crippen LogP contribution in [0.25, 0.3) is 0 Å². The van der Waals surface area contributed by atoms with Gasteiger partial charge in [0.1, 0.15) is 0 Å². The molecule has 0 bridgehead atoms. The monoisotopic (exact) mass is 291 g/mol. The smallest absolute Gasteiger partial charge is 0.253 e. The highest BCUT2D eigenvalue weighted by molar-refractivity contribution is 5.82. The second-order valence-corrected chi connectivity index (χ2v) is 5.72. The molecule has 1 aromatic carbocycles. The van der Waals surface area contributed by atoms with Crippen molar-refractivity contribution in [3.05, 3.63) is 35.9 Å². The Labute approximate surface area is 126 Å². The Morgan fingerprint density at radius 2 is 2.00 bits per heavy atom.